The lowest BCUT2D eigenvalue weighted by Crippen LogP contribution is -2.51. The Hall–Kier alpha value is -0.850. The zero-order valence-corrected chi connectivity index (χ0v) is 17.9. The third kappa shape index (κ3) is 8.79. The molecule has 27 heavy (non-hydrogen) atoms. The van der Waals surface area contributed by atoms with Gasteiger partial charge in [-0.05, 0) is 37.9 Å². The highest BCUT2D eigenvalue weighted by molar-refractivity contribution is 5.85. The molecule has 1 saturated heterocycles. The van der Waals surface area contributed by atoms with Crippen LogP contribution in [-0.4, -0.2) is 80.0 Å². The van der Waals surface area contributed by atoms with E-state index < -0.39 is 0 Å². The zero-order chi connectivity index (χ0) is 17.5. The van der Waals surface area contributed by atoms with E-state index in [0.717, 1.165) is 58.3 Å². The Labute approximate surface area is 176 Å². The van der Waals surface area contributed by atoms with Gasteiger partial charge in [-0.3, -0.25) is 9.69 Å². The molecule has 5 nitrogen and oxygen atoms in total. The van der Waals surface area contributed by atoms with E-state index in [1.807, 2.05) is 4.90 Å². The molecule has 1 saturated carbocycles. The van der Waals surface area contributed by atoms with Crippen LogP contribution in [0.25, 0.3) is 0 Å². The number of nitrogens with zero attached hydrogens (tertiary/aromatic N) is 3. The summed E-state index contributed by atoms with van der Waals surface area (Å²) in [5.74, 6) is 1.10. The molecule has 0 unspecified atom stereocenters. The van der Waals surface area contributed by atoms with Gasteiger partial charge in [-0.2, -0.15) is 0 Å². The molecular weight excluding hydrogens is 383 g/mol. The first-order valence-corrected chi connectivity index (χ1v) is 9.64. The van der Waals surface area contributed by atoms with Crippen LogP contribution in [0.15, 0.2) is 30.3 Å². The van der Waals surface area contributed by atoms with Gasteiger partial charge < -0.3 is 15.1 Å². The number of benzene rings is 1. The van der Waals surface area contributed by atoms with Gasteiger partial charge in [0.15, 0.2) is 0 Å². The summed E-state index contributed by atoms with van der Waals surface area (Å²) in [7, 11) is 2.18. The Bertz CT molecular complexity index is 534. The van der Waals surface area contributed by atoms with Crippen molar-refractivity contribution in [2.24, 2.45) is 5.92 Å². The molecular formula is C20H34Cl2N4O. The predicted octanol–water partition coefficient (Wildman–Crippen LogP) is 2.11. The minimum absolute atomic E-state index is 0. The summed E-state index contributed by atoms with van der Waals surface area (Å²) in [5.41, 5.74) is 1.36. The van der Waals surface area contributed by atoms with E-state index in [0.29, 0.717) is 6.54 Å². The lowest BCUT2D eigenvalue weighted by molar-refractivity contribution is -0.132. The molecule has 2 aliphatic rings. The highest BCUT2D eigenvalue weighted by Gasteiger charge is 2.23. The Kier molecular flexibility index (Phi) is 11.3. The lowest BCUT2D eigenvalue weighted by Gasteiger charge is -2.35. The molecule has 0 bridgehead atoms. The van der Waals surface area contributed by atoms with E-state index in [-0.39, 0.29) is 30.7 Å². The average Bonchev–Trinajstić information content (AvgIpc) is 3.45. The van der Waals surface area contributed by atoms with Crippen molar-refractivity contribution in [3.8, 4) is 0 Å². The van der Waals surface area contributed by atoms with Crippen molar-refractivity contribution in [1.82, 2.24) is 20.0 Å². The Balaban J connectivity index is 0.00000182. The molecule has 0 atom stereocenters. The molecule has 7 heteroatoms. The number of piperazine rings is 1. The maximum absolute atomic E-state index is 12.2. The van der Waals surface area contributed by atoms with Crippen LogP contribution in [-0.2, 0) is 11.3 Å². The standard InChI is InChI=1S/C20H32N4O.2ClH/c1-22(17-19-5-3-2-4-6-19)9-10-23-11-13-24(14-12-23)20(25)16-21-15-18-7-8-18;;/h2-6,18,21H,7-17H2,1H3;2*1H. The van der Waals surface area contributed by atoms with E-state index in [2.05, 4.69) is 52.5 Å². The molecule has 154 valence electrons. The van der Waals surface area contributed by atoms with Crippen molar-refractivity contribution < 1.29 is 4.79 Å². The number of likely N-dealkylation sites (N-methyl/N-ethyl adjacent to an activating group) is 1. The number of hydrogen-bond acceptors (Lipinski definition) is 4. The number of nitrogens with one attached hydrogen (secondary N) is 1. The number of hydrogen-bond donors (Lipinski definition) is 1. The highest BCUT2D eigenvalue weighted by atomic mass is 35.5. The predicted molar refractivity (Wildman–Crippen MR) is 116 cm³/mol. The fraction of sp³-hybridized carbons (Fsp3) is 0.650. The van der Waals surface area contributed by atoms with Crippen molar-refractivity contribution in [3.05, 3.63) is 35.9 Å². The summed E-state index contributed by atoms with van der Waals surface area (Å²) in [6.45, 7) is 8.37. The van der Waals surface area contributed by atoms with Gasteiger partial charge in [-0.1, -0.05) is 30.3 Å². The second kappa shape index (κ2) is 12.6. The van der Waals surface area contributed by atoms with Crippen molar-refractivity contribution in [2.45, 2.75) is 19.4 Å². The first-order valence-electron chi connectivity index (χ1n) is 9.64. The minimum atomic E-state index is 0. The summed E-state index contributed by atoms with van der Waals surface area (Å²) < 4.78 is 0. The lowest BCUT2D eigenvalue weighted by atomic mass is 10.2. The van der Waals surface area contributed by atoms with Crippen LogP contribution in [0.3, 0.4) is 0 Å². The SMILES string of the molecule is CN(CCN1CCN(C(=O)CNCC2CC2)CC1)Cc1ccccc1.Cl.Cl. The third-order valence-corrected chi connectivity index (χ3v) is 5.22. The molecule has 1 aliphatic carbocycles. The van der Waals surface area contributed by atoms with Gasteiger partial charge in [0.1, 0.15) is 0 Å². The van der Waals surface area contributed by atoms with Crippen LogP contribution in [0.2, 0.25) is 0 Å². The largest absolute Gasteiger partial charge is 0.339 e. The smallest absolute Gasteiger partial charge is 0.236 e. The monoisotopic (exact) mass is 416 g/mol. The zero-order valence-electron chi connectivity index (χ0n) is 16.3. The molecule has 0 spiro atoms. The number of carbonyl (C=O) groups is 1. The first-order chi connectivity index (χ1) is 12.2. The van der Waals surface area contributed by atoms with Crippen molar-refractivity contribution in [3.63, 3.8) is 0 Å². The van der Waals surface area contributed by atoms with Crippen LogP contribution >= 0.6 is 24.8 Å². The minimum Gasteiger partial charge on any atom is -0.339 e. The fourth-order valence-electron chi connectivity index (χ4n) is 3.32. The van der Waals surface area contributed by atoms with Crippen LogP contribution in [0.1, 0.15) is 18.4 Å². The molecule has 1 heterocycles. The topological polar surface area (TPSA) is 38.8 Å². The summed E-state index contributed by atoms with van der Waals surface area (Å²) in [4.78, 5) is 19.1. The van der Waals surface area contributed by atoms with Gasteiger partial charge in [0, 0.05) is 45.8 Å². The molecule has 1 aromatic rings. The number of carbonyl (C=O) groups excluding carboxylic acids is 1. The molecule has 0 aromatic heterocycles. The molecule has 1 amide bonds. The highest BCUT2D eigenvalue weighted by Crippen LogP contribution is 2.27. The molecule has 1 aliphatic heterocycles. The second-order valence-electron chi connectivity index (χ2n) is 7.52. The molecule has 1 N–H and O–H groups in total. The summed E-state index contributed by atoms with van der Waals surface area (Å²) in [6.07, 6.45) is 2.66. The van der Waals surface area contributed by atoms with E-state index in [9.17, 15) is 4.79 Å². The third-order valence-electron chi connectivity index (χ3n) is 5.22. The van der Waals surface area contributed by atoms with E-state index in [1.54, 1.807) is 0 Å². The van der Waals surface area contributed by atoms with Gasteiger partial charge in [-0.25, -0.2) is 0 Å². The molecule has 0 radical (unpaired) electrons. The van der Waals surface area contributed by atoms with Crippen LogP contribution in [0.5, 0.6) is 0 Å². The molecule has 1 aromatic carbocycles. The summed E-state index contributed by atoms with van der Waals surface area (Å²) >= 11 is 0. The maximum atomic E-state index is 12.2. The summed E-state index contributed by atoms with van der Waals surface area (Å²) in [6, 6.07) is 10.6. The van der Waals surface area contributed by atoms with Gasteiger partial charge in [0.05, 0.1) is 6.54 Å². The van der Waals surface area contributed by atoms with Gasteiger partial charge in [-0.15, -0.1) is 24.8 Å². The van der Waals surface area contributed by atoms with E-state index >= 15 is 0 Å². The van der Waals surface area contributed by atoms with Crippen LogP contribution in [0.4, 0.5) is 0 Å². The quantitative estimate of drug-likeness (QED) is 0.668. The number of rotatable bonds is 9. The van der Waals surface area contributed by atoms with Crippen molar-refractivity contribution >= 4 is 30.7 Å². The van der Waals surface area contributed by atoms with Crippen molar-refractivity contribution in [2.75, 3.05) is 59.4 Å². The normalized spacial score (nSPS) is 17.3. The van der Waals surface area contributed by atoms with Gasteiger partial charge in [0.25, 0.3) is 0 Å². The van der Waals surface area contributed by atoms with Crippen LogP contribution in [0, 0.1) is 5.92 Å². The fourth-order valence-corrected chi connectivity index (χ4v) is 3.32. The average molecular weight is 417 g/mol. The number of halogens is 2. The Morgan fingerprint density at radius 2 is 1.78 bits per heavy atom. The molecule has 3 rings (SSSR count). The van der Waals surface area contributed by atoms with Crippen molar-refractivity contribution in [1.29, 1.82) is 0 Å². The van der Waals surface area contributed by atoms with E-state index in [1.165, 1.54) is 18.4 Å². The Morgan fingerprint density at radius 3 is 2.41 bits per heavy atom. The summed E-state index contributed by atoms with van der Waals surface area (Å²) in [5, 5.41) is 3.31. The van der Waals surface area contributed by atoms with E-state index in [4.69, 9.17) is 0 Å². The maximum Gasteiger partial charge on any atom is 0.236 e. The Morgan fingerprint density at radius 1 is 1.11 bits per heavy atom. The van der Waals surface area contributed by atoms with Gasteiger partial charge >= 0.3 is 0 Å². The van der Waals surface area contributed by atoms with Gasteiger partial charge in [0.2, 0.25) is 5.91 Å². The van der Waals surface area contributed by atoms with Crippen LogP contribution < -0.4 is 5.32 Å². The number of amides is 1. The second-order valence-corrected chi connectivity index (χ2v) is 7.52. The first kappa shape index (κ1) is 24.2. The molecule has 2 fully saturated rings.